The van der Waals surface area contributed by atoms with Gasteiger partial charge < -0.3 is 30.1 Å². The first-order chi connectivity index (χ1) is 24.0. The zero-order valence-electron chi connectivity index (χ0n) is 30.5. The minimum Gasteiger partial charge on any atom is -0.496 e. The van der Waals surface area contributed by atoms with Crippen molar-refractivity contribution in [3.63, 3.8) is 0 Å². The van der Waals surface area contributed by atoms with E-state index < -0.39 is 17.4 Å². The van der Waals surface area contributed by atoms with E-state index in [0.29, 0.717) is 52.4 Å². The largest absolute Gasteiger partial charge is 0.496 e. The highest BCUT2D eigenvalue weighted by Crippen LogP contribution is 2.58. The highest BCUT2D eigenvalue weighted by atomic mass is 35.5. The number of amides is 2. The fourth-order valence-corrected chi connectivity index (χ4v) is 9.09. The second-order valence-electron chi connectivity index (χ2n) is 14.5. The number of carbonyl (C=O) groups excluding carboxylic acids is 2. The molecule has 1 heterocycles. The van der Waals surface area contributed by atoms with E-state index in [1.165, 1.54) is 6.42 Å². The van der Waals surface area contributed by atoms with Crippen LogP contribution in [-0.2, 0) is 4.79 Å². The van der Waals surface area contributed by atoms with Crippen LogP contribution in [0.15, 0.2) is 42.5 Å². The second kappa shape index (κ2) is 15.7. The van der Waals surface area contributed by atoms with Crippen molar-refractivity contribution in [3.05, 3.63) is 59.3 Å². The number of aliphatic carboxylic acids is 1. The number of nitrogens with zero attached hydrogens (tertiary/aromatic N) is 3. The summed E-state index contributed by atoms with van der Waals surface area (Å²) in [5.74, 6) is 0.290. The van der Waals surface area contributed by atoms with Crippen LogP contribution in [-0.4, -0.2) is 83.5 Å². The predicted octanol–water partition coefficient (Wildman–Crippen LogP) is 6.18. The molecule has 4 fully saturated rings. The van der Waals surface area contributed by atoms with Crippen molar-refractivity contribution in [2.75, 3.05) is 40.4 Å². The molecule has 1 aromatic heterocycles. The fraction of sp³-hybridized carbons (Fsp3) is 0.538. The molecule has 3 aromatic rings. The second-order valence-corrected chi connectivity index (χ2v) is 14.5. The summed E-state index contributed by atoms with van der Waals surface area (Å²) in [5, 5.41) is 21.7. The Labute approximate surface area is 306 Å². The van der Waals surface area contributed by atoms with Crippen LogP contribution >= 0.6 is 12.4 Å². The minimum atomic E-state index is -1.32. The van der Waals surface area contributed by atoms with Crippen LogP contribution in [0.3, 0.4) is 0 Å². The fourth-order valence-electron chi connectivity index (χ4n) is 9.09. The average molecular weight is 722 g/mol. The molecule has 0 unspecified atom stereocenters. The third kappa shape index (κ3) is 7.07. The Bertz CT molecular complexity index is 1700. The van der Waals surface area contributed by atoms with E-state index in [-0.39, 0.29) is 41.8 Å². The SMILES string of the molecule is CCN(CC)CCNC(=O)c1ccc(-n2nc(C(=O)NC3(C(=O)O)C4CC5CC(C4)CC3C5)cc2-c2c(OC)cccc2OC)cc1C(C)C.Cl. The van der Waals surface area contributed by atoms with Gasteiger partial charge in [0, 0.05) is 18.7 Å². The van der Waals surface area contributed by atoms with Crippen LogP contribution in [0, 0.1) is 23.7 Å². The molecule has 0 radical (unpaired) electrons. The van der Waals surface area contributed by atoms with Gasteiger partial charge in [-0.1, -0.05) is 33.8 Å². The molecule has 2 aromatic carbocycles. The highest BCUT2D eigenvalue weighted by molar-refractivity contribution is 5.98. The molecule has 0 spiro atoms. The number of rotatable bonds is 14. The standard InChI is InChI=1S/C39H51N5O6.ClH/c1-7-43(8-2)15-14-40-36(45)29-13-12-28(21-30(29)23(3)4)44-32(35-33(49-5)10-9-11-34(35)50-6)22-31(42-44)37(46)41-39(38(47)48)26-17-24-16-25(19-26)20-27(39)18-24;/h9-13,21-27H,7-8,14-20H2,1-6H3,(H,40,45)(H,41,46)(H,47,48);1H. The molecule has 276 valence electrons. The first-order valence-electron chi connectivity index (χ1n) is 18.1. The van der Waals surface area contributed by atoms with Gasteiger partial charge in [0.05, 0.1) is 31.2 Å². The number of nitrogens with one attached hydrogen (secondary N) is 2. The number of halogens is 1. The number of benzene rings is 2. The van der Waals surface area contributed by atoms with Crippen molar-refractivity contribution in [1.82, 2.24) is 25.3 Å². The topological polar surface area (TPSA) is 135 Å². The van der Waals surface area contributed by atoms with Crippen LogP contribution in [0.25, 0.3) is 16.9 Å². The molecule has 4 aliphatic rings. The average Bonchev–Trinajstić information content (AvgIpc) is 3.55. The number of hydrogen-bond donors (Lipinski definition) is 3. The Morgan fingerprint density at radius 3 is 2.08 bits per heavy atom. The number of ether oxygens (including phenoxy) is 2. The van der Waals surface area contributed by atoms with Gasteiger partial charge in [-0.3, -0.25) is 9.59 Å². The molecule has 12 heteroatoms. The van der Waals surface area contributed by atoms with Gasteiger partial charge in [-0.05, 0) is 117 Å². The molecule has 11 nitrogen and oxygen atoms in total. The van der Waals surface area contributed by atoms with Gasteiger partial charge in [-0.25, -0.2) is 9.48 Å². The first-order valence-corrected chi connectivity index (χ1v) is 18.1. The van der Waals surface area contributed by atoms with Crippen LogP contribution in [0.2, 0.25) is 0 Å². The number of aromatic nitrogens is 2. The van der Waals surface area contributed by atoms with E-state index in [9.17, 15) is 19.5 Å². The summed E-state index contributed by atoms with van der Waals surface area (Å²) < 4.78 is 13.2. The van der Waals surface area contributed by atoms with E-state index in [1.54, 1.807) is 31.0 Å². The van der Waals surface area contributed by atoms with Crippen molar-refractivity contribution >= 4 is 30.2 Å². The lowest BCUT2D eigenvalue weighted by Gasteiger charge is -2.59. The van der Waals surface area contributed by atoms with Crippen LogP contribution in [0.4, 0.5) is 0 Å². The maximum Gasteiger partial charge on any atom is 0.330 e. The van der Waals surface area contributed by atoms with Gasteiger partial charge in [0.1, 0.15) is 17.0 Å². The van der Waals surface area contributed by atoms with E-state index in [1.807, 2.05) is 44.2 Å². The van der Waals surface area contributed by atoms with Gasteiger partial charge in [-0.2, -0.15) is 5.10 Å². The molecular weight excluding hydrogens is 670 g/mol. The number of carboxylic acid groups (broad SMARTS) is 1. The summed E-state index contributed by atoms with van der Waals surface area (Å²) in [7, 11) is 3.14. The van der Waals surface area contributed by atoms with Gasteiger partial charge in [-0.15, -0.1) is 12.4 Å². The van der Waals surface area contributed by atoms with Crippen molar-refractivity contribution in [1.29, 1.82) is 0 Å². The van der Waals surface area contributed by atoms with Crippen molar-refractivity contribution in [3.8, 4) is 28.4 Å². The summed E-state index contributed by atoms with van der Waals surface area (Å²) >= 11 is 0. The summed E-state index contributed by atoms with van der Waals surface area (Å²) in [6.45, 7) is 11.4. The Kier molecular flexibility index (Phi) is 11.7. The first kappa shape index (κ1) is 38.1. The molecule has 0 atom stereocenters. The van der Waals surface area contributed by atoms with E-state index in [2.05, 4.69) is 29.4 Å². The van der Waals surface area contributed by atoms with Crippen LogP contribution < -0.4 is 20.1 Å². The highest BCUT2D eigenvalue weighted by Gasteiger charge is 2.62. The predicted molar refractivity (Wildman–Crippen MR) is 198 cm³/mol. The number of carboxylic acids is 1. The molecule has 4 saturated carbocycles. The van der Waals surface area contributed by atoms with Crippen LogP contribution in [0.1, 0.15) is 92.1 Å². The van der Waals surface area contributed by atoms with Crippen LogP contribution in [0.5, 0.6) is 11.5 Å². The van der Waals surface area contributed by atoms with Gasteiger partial charge in [0.15, 0.2) is 5.69 Å². The lowest BCUT2D eigenvalue weighted by Crippen LogP contribution is -2.70. The molecule has 4 bridgehead atoms. The minimum absolute atomic E-state index is 0. The number of carbonyl (C=O) groups is 3. The summed E-state index contributed by atoms with van der Waals surface area (Å²) in [4.78, 5) is 43.0. The third-order valence-corrected chi connectivity index (χ3v) is 11.5. The normalized spacial score (nSPS) is 23.2. The Morgan fingerprint density at radius 1 is 0.941 bits per heavy atom. The maximum absolute atomic E-state index is 14.2. The van der Waals surface area contributed by atoms with Crippen molar-refractivity contribution < 1.29 is 29.0 Å². The zero-order valence-corrected chi connectivity index (χ0v) is 31.3. The molecule has 0 aliphatic heterocycles. The Hall–Kier alpha value is -4.09. The number of likely N-dealkylation sites (N-methyl/N-ethyl adjacent to an activating group) is 1. The molecule has 2 amide bonds. The number of methoxy groups -OCH3 is 2. The van der Waals surface area contributed by atoms with Crippen molar-refractivity contribution in [2.24, 2.45) is 23.7 Å². The zero-order chi connectivity index (χ0) is 35.7. The molecule has 4 aliphatic carbocycles. The lowest BCUT2D eigenvalue weighted by molar-refractivity contribution is -0.163. The lowest BCUT2D eigenvalue weighted by atomic mass is 9.48. The Morgan fingerprint density at radius 2 is 1.55 bits per heavy atom. The Balaban J connectivity index is 0.00000504. The molecule has 0 saturated heterocycles. The maximum atomic E-state index is 14.2. The summed E-state index contributed by atoms with van der Waals surface area (Å²) in [6, 6.07) is 12.7. The molecule has 3 N–H and O–H groups in total. The van der Waals surface area contributed by atoms with Gasteiger partial charge in [0.25, 0.3) is 11.8 Å². The number of hydrogen-bond acceptors (Lipinski definition) is 7. The quantitative estimate of drug-likeness (QED) is 0.180. The summed E-state index contributed by atoms with van der Waals surface area (Å²) in [5.41, 5.74) is 1.95. The molecule has 51 heavy (non-hydrogen) atoms. The van der Waals surface area contributed by atoms with E-state index in [0.717, 1.165) is 50.9 Å². The monoisotopic (exact) mass is 721 g/mol. The van der Waals surface area contributed by atoms with Crippen molar-refractivity contribution in [2.45, 2.75) is 71.3 Å². The smallest absolute Gasteiger partial charge is 0.330 e. The molecule has 7 rings (SSSR count). The molecular formula is C39H52ClN5O6. The third-order valence-electron chi connectivity index (χ3n) is 11.5. The van der Waals surface area contributed by atoms with Gasteiger partial charge in [0.2, 0.25) is 0 Å². The summed E-state index contributed by atoms with van der Waals surface area (Å²) in [6.07, 6.45) is 4.46. The van der Waals surface area contributed by atoms with E-state index in [4.69, 9.17) is 14.6 Å². The van der Waals surface area contributed by atoms with E-state index >= 15 is 0 Å². The van der Waals surface area contributed by atoms with Gasteiger partial charge >= 0.3 is 5.97 Å².